The standard InChI is InChI=1S/C10H10ClNO4/c1-15-10(14)6-2-3-8(7(11)4-6)16-5-9(12)13/h2-4H,5H2,1H3,(H2,12,13). The van der Waals surface area contributed by atoms with Crippen LogP contribution in [0.25, 0.3) is 0 Å². The average Bonchev–Trinajstić information content (AvgIpc) is 2.26. The first-order chi connectivity index (χ1) is 7.54. The Balaban J connectivity index is 2.83. The molecule has 0 saturated carbocycles. The first kappa shape index (κ1) is 12.3. The van der Waals surface area contributed by atoms with Gasteiger partial charge >= 0.3 is 5.97 Å². The minimum absolute atomic E-state index is 0.212. The number of carbonyl (C=O) groups excluding carboxylic acids is 2. The van der Waals surface area contributed by atoms with Gasteiger partial charge in [0.1, 0.15) is 5.75 Å². The number of amides is 1. The maximum atomic E-state index is 11.1. The quantitative estimate of drug-likeness (QED) is 0.800. The van der Waals surface area contributed by atoms with Crippen LogP contribution in [0.4, 0.5) is 0 Å². The fourth-order valence-corrected chi connectivity index (χ4v) is 1.25. The van der Waals surface area contributed by atoms with Gasteiger partial charge in [0.25, 0.3) is 5.91 Å². The van der Waals surface area contributed by atoms with Gasteiger partial charge in [-0.05, 0) is 18.2 Å². The van der Waals surface area contributed by atoms with Crippen molar-refractivity contribution in [3.05, 3.63) is 28.8 Å². The Kier molecular flexibility index (Phi) is 4.13. The SMILES string of the molecule is COC(=O)c1ccc(OCC(N)=O)c(Cl)c1. The summed E-state index contributed by atoms with van der Waals surface area (Å²) in [6.07, 6.45) is 0. The van der Waals surface area contributed by atoms with E-state index in [0.717, 1.165) is 0 Å². The number of hydrogen-bond donors (Lipinski definition) is 1. The molecule has 1 aromatic rings. The van der Waals surface area contributed by atoms with Crippen LogP contribution in [0.2, 0.25) is 5.02 Å². The lowest BCUT2D eigenvalue weighted by atomic mass is 10.2. The van der Waals surface area contributed by atoms with Crippen LogP contribution in [0, 0.1) is 0 Å². The van der Waals surface area contributed by atoms with E-state index < -0.39 is 11.9 Å². The topological polar surface area (TPSA) is 78.6 Å². The van der Waals surface area contributed by atoms with Gasteiger partial charge in [0, 0.05) is 0 Å². The molecular formula is C10H10ClNO4. The van der Waals surface area contributed by atoms with Crippen LogP contribution in [0.5, 0.6) is 5.75 Å². The number of primary amides is 1. The largest absolute Gasteiger partial charge is 0.482 e. The van der Waals surface area contributed by atoms with Crippen LogP contribution in [-0.4, -0.2) is 25.6 Å². The Morgan fingerprint density at radius 2 is 2.12 bits per heavy atom. The predicted molar refractivity (Wildman–Crippen MR) is 57.5 cm³/mol. The monoisotopic (exact) mass is 243 g/mol. The van der Waals surface area contributed by atoms with Crippen molar-refractivity contribution in [3.8, 4) is 5.75 Å². The summed E-state index contributed by atoms with van der Waals surface area (Å²) in [5, 5.41) is 0.212. The van der Waals surface area contributed by atoms with Gasteiger partial charge < -0.3 is 15.2 Å². The molecule has 16 heavy (non-hydrogen) atoms. The zero-order valence-electron chi connectivity index (χ0n) is 8.53. The summed E-state index contributed by atoms with van der Waals surface area (Å²) in [5.74, 6) is -0.815. The van der Waals surface area contributed by atoms with Crippen LogP contribution in [0.3, 0.4) is 0 Å². The van der Waals surface area contributed by atoms with Crippen molar-refractivity contribution < 1.29 is 19.1 Å². The number of rotatable bonds is 4. The fourth-order valence-electron chi connectivity index (χ4n) is 1.01. The number of esters is 1. The smallest absolute Gasteiger partial charge is 0.337 e. The third-order valence-electron chi connectivity index (χ3n) is 1.72. The molecule has 0 radical (unpaired) electrons. The molecule has 0 atom stereocenters. The normalized spacial score (nSPS) is 9.62. The van der Waals surface area contributed by atoms with E-state index in [4.69, 9.17) is 22.1 Å². The summed E-state index contributed by atoms with van der Waals surface area (Å²) < 4.78 is 9.52. The van der Waals surface area contributed by atoms with Crippen LogP contribution in [0.15, 0.2) is 18.2 Å². The minimum Gasteiger partial charge on any atom is -0.482 e. The van der Waals surface area contributed by atoms with Gasteiger partial charge in [-0.3, -0.25) is 4.79 Å². The van der Waals surface area contributed by atoms with E-state index in [-0.39, 0.29) is 17.4 Å². The molecular weight excluding hydrogens is 234 g/mol. The first-order valence-electron chi connectivity index (χ1n) is 4.33. The van der Waals surface area contributed by atoms with Crippen molar-refractivity contribution in [2.45, 2.75) is 0 Å². The molecule has 5 nitrogen and oxygen atoms in total. The Morgan fingerprint density at radius 3 is 2.62 bits per heavy atom. The van der Waals surface area contributed by atoms with Gasteiger partial charge in [-0.1, -0.05) is 11.6 Å². The van der Waals surface area contributed by atoms with E-state index in [1.165, 1.54) is 25.3 Å². The molecule has 0 spiro atoms. The van der Waals surface area contributed by atoms with Crippen molar-refractivity contribution in [3.63, 3.8) is 0 Å². The highest BCUT2D eigenvalue weighted by Gasteiger charge is 2.09. The van der Waals surface area contributed by atoms with E-state index >= 15 is 0 Å². The maximum absolute atomic E-state index is 11.1. The number of ether oxygens (including phenoxy) is 2. The van der Waals surface area contributed by atoms with E-state index in [2.05, 4.69) is 4.74 Å². The summed E-state index contributed by atoms with van der Waals surface area (Å²) >= 11 is 5.83. The lowest BCUT2D eigenvalue weighted by Crippen LogP contribution is -2.20. The van der Waals surface area contributed by atoms with Crippen LogP contribution in [-0.2, 0) is 9.53 Å². The molecule has 0 aliphatic rings. The van der Waals surface area contributed by atoms with E-state index in [9.17, 15) is 9.59 Å². The number of hydrogen-bond acceptors (Lipinski definition) is 4. The van der Waals surface area contributed by atoms with Crippen LogP contribution < -0.4 is 10.5 Å². The molecule has 0 aliphatic carbocycles. The highest BCUT2D eigenvalue weighted by Crippen LogP contribution is 2.25. The molecule has 2 N–H and O–H groups in total. The van der Waals surface area contributed by atoms with Gasteiger partial charge in [-0.2, -0.15) is 0 Å². The zero-order valence-corrected chi connectivity index (χ0v) is 9.28. The second-order valence-electron chi connectivity index (χ2n) is 2.89. The van der Waals surface area contributed by atoms with Crippen molar-refractivity contribution in [2.24, 2.45) is 5.73 Å². The second kappa shape index (κ2) is 5.37. The Hall–Kier alpha value is -1.75. The molecule has 6 heteroatoms. The Labute approximate surface area is 97.1 Å². The van der Waals surface area contributed by atoms with E-state index in [1.54, 1.807) is 0 Å². The van der Waals surface area contributed by atoms with Crippen molar-refractivity contribution in [1.82, 2.24) is 0 Å². The summed E-state index contributed by atoms with van der Waals surface area (Å²) in [6.45, 7) is -0.267. The molecule has 1 amide bonds. The van der Waals surface area contributed by atoms with Gasteiger partial charge in [0.15, 0.2) is 6.61 Å². The Morgan fingerprint density at radius 1 is 1.44 bits per heavy atom. The summed E-state index contributed by atoms with van der Waals surface area (Å²) in [5.41, 5.74) is 5.21. The number of benzene rings is 1. The fraction of sp³-hybridized carbons (Fsp3) is 0.200. The van der Waals surface area contributed by atoms with Gasteiger partial charge in [0.05, 0.1) is 17.7 Å². The minimum atomic E-state index is -0.604. The van der Waals surface area contributed by atoms with Gasteiger partial charge in [-0.15, -0.1) is 0 Å². The van der Waals surface area contributed by atoms with Crippen molar-refractivity contribution >= 4 is 23.5 Å². The molecule has 0 fully saturated rings. The summed E-state index contributed by atoms with van der Waals surface area (Å²) in [6, 6.07) is 4.34. The third kappa shape index (κ3) is 3.13. The molecule has 0 bridgehead atoms. The maximum Gasteiger partial charge on any atom is 0.337 e. The first-order valence-corrected chi connectivity index (χ1v) is 4.71. The molecule has 1 rings (SSSR count). The molecule has 0 unspecified atom stereocenters. The van der Waals surface area contributed by atoms with E-state index in [1.807, 2.05) is 0 Å². The Bertz CT molecular complexity index is 419. The predicted octanol–water partition coefficient (Wildman–Crippen LogP) is 0.991. The highest BCUT2D eigenvalue weighted by molar-refractivity contribution is 6.32. The highest BCUT2D eigenvalue weighted by atomic mass is 35.5. The lowest BCUT2D eigenvalue weighted by Gasteiger charge is -2.07. The molecule has 0 saturated heterocycles. The van der Waals surface area contributed by atoms with Crippen LogP contribution >= 0.6 is 11.6 Å². The third-order valence-corrected chi connectivity index (χ3v) is 2.02. The van der Waals surface area contributed by atoms with E-state index in [0.29, 0.717) is 5.56 Å². The second-order valence-corrected chi connectivity index (χ2v) is 3.30. The summed E-state index contributed by atoms with van der Waals surface area (Å²) in [4.78, 5) is 21.6. The average molecular weight is 244 g/mol. The van der Waals surface area contributed by atoms with Crippen molar-refractivity contribution in [1.29, 1.82) is 0 Å². The van der Waals surface area contributed by atoms with Gasteiger partial charge in [0.2, 0.25) is 0 Å². The van der Waals surface area contributed by atoms with Crippen LogP contribution in [0.1, 0.15) is 10.4 Å². The number of halogens is 1. The molecule has 0 aromatic heterocycles. The van der Waals surface area contributed by atoms with Crippen molar-refractivity contribution in [2.75, 3.05) is 13.7 Å². The number of nitrogens with two attached hydrogens (primary N) is 1. The molecule has 86 valence electrons. The molecule has 1 aromatic carbocycles. The molecule has 0 heterocycles. The lowest BCUT2D eigenvalue weighted by molar-refractivity contribution is -0.119. The van der Waals surface area contributed by atoms with Gasteiger partial charge in [-0.25, -0.2) is 4.79 Å². The summed E-state index contributed by atoms with van der Waals surface area (Å²) in [7, 11) is 1.27. The molecule has 0 aliphatic heterocycles. The number of carbonyl (C=O) groups is 2. The zero-order chi connectivity index (χ0) is 12.1. The number of methoxy groups -OCH3 is 1.